The molecule has 2 heterocycles. The topological polar surface area (TPSA) is 21.3 Å². The summed E-state index contributed by atoms with van der Waals surface area (Å²) < 4.78 is 18.3. The second-order valence-electron chi connectivity index (χ2n) is 4.64. The highest BCUT2D eigenvalue weighted by molar-refractivity contribution is 5.41. The Labute approximate surface area is 94.8 Å². The van der Waals surface area contributed by atoms with E-state index in [1.807, 2.05) is 6.07 Å². The van der Waals surface area contributed by atoms with E-state index in [-0.39, 0.29) is 12.6 Å². The van der Waals surface area contributed by atoms with Crippen molar-refractivity contribution in [3.8, 4) is 5.75 Å². The van der Waals surface area contributed by atoms with E-state index in [0.717, 1.165) is 31.9 Å². The van der Waals surface area contributed by atoms with Crippen LogP contribution >= 0.6 is 0 Å². The lowest BCUT2D eigenvalue weighted by Gasteiger charge is -2.16. The molecule has 1 aromatic rings. The smallest absolute Gasteiger partial charge is 0.122 e. The zero-order valence-corrected chi connectivity index (χ0v) is 9.21. The molecule has 3 heteroatoms. The third-order valence-electron chi connectivity index (χ3n) is 3.68. The largest absolute Gasteiger partial charge is 0.493 e. The van der Waals surface area contributed by atoms with Crippen LogP contribution in [0.5, 0.6) is 5.75 Å². The molecule has 1 saturated heterocycles. The van der Waals surface area contributed by atoms with Crippen LogP contribution in [0, 0.1) is 5.92 Å². The van der Waals surface area contributed by atoms with Gasteiger partial charge in [-0.3, -0.25) is 4.39 Å². The fourth-order valence-corrected chi connectivity index (χ4v) is 2.72. The van der Waals surface area contributed by atoms with Crippen molar-refractivity contribution in [3.05, 3.63) is 29.3 Å². The van der Waals surface area contributed by atoms with Crippen LogP contribution in [-0.4, -0.2) is 26.4 Å². The Morgan fingerprint density at radius 3 is 3.19 bits per heavy atom. The summed E-state index contributed by atoms with van der Waals surface area (Å²) in [5.74, 6) is 1.47. The van der Waals surface area contributed by atoms with E-state index in [2.05, 4.69) is 17.4 Å². The number of rotatable bonds is 2. The predicted molar refractivity (Wildman–Crippen MR) is 60.7 cm³/mol. The molecule has 2 unspecified atom stereocenters. The minimum atomic E-state index is -0.231. The van der Waals surface area contributed by atoms with Gasteiger partial charge in [0.1, 0.15) is 5.75 Å². The first kappa shape index (κ1) is 10.1. The van der Waals surface area contributed by atoms with E-state index in [1.165, 1.54) is 11.1 Å². The highest BCUT2D eigenvalue weighted by Crippen LogP contribution is 2.33. The fourth-order valence-electron chi connectivity index (χ4n) is 2.72. The molecule has 0 saturated carbocycles. The van der Waals surface area contributed by atoms with Crippen molar-refractivity contribution in [2.24, 2.45) is 5.92 Å². The minimum Gasteiger partial charge on any atom is -0.493 e. The van der Waals surface area contributed by atoms with Crippen LogP contribution in [0.25, 0.3) is 0 Å². The van der Waals surface area contributed by atoms with E-state index >= 15 is 0 Å². The molecule has 2 atom stereocenters. The van der Waals surface area contributed by atoms with Crippen LogP contribution in [0.3, 0.4) is 0 Å². The highest BCUT2D eigenvalue weighted by atomic mass is 19.1. The molecule has 0 spiro atoms. The maximum absolute atomic E-state index is 12.8. The third kappa shape index (κ3) is 1.59. The molecule has 3 rings (SSSR count). The van der Waals surface area contributed by atoms with Gasteiger partial charge < -0.3 is 10.1 Å². The van der Waals surface area contributed by atoms with E-state index in [4.69, 9.17) is 4.74 Å². The maximum Gasteiger partial charge on any atom is 0.122 e. The molecule has 1 fully saturated rings. The van der Waals surface area contributed by atoms with E-state index in [0.29, 0.717) is 5.92 Å². The Morgan fingerprint density at radius 1 is 1.38 bits per heavy atom. The summed E-state index contributed by atoms with van der Waals surface area (Å²) in [5, 5.41) is 3.27. The Bertz CT molecular complexity index is 394. The number of hydrogen-bond acceptors (Lipinski definition) is 2. The van der Waals surface area contributed by atoms with Gasteiger partial charge in [0.15, 0.2) is 0 Å². The van der Waals surface area contributed by atoms with E-state index in [1.54, 1.807) is 0 Å². The summed E-state index contributed by atoms with van der Waals surface area (Å²) >= 11 is 0. The van der Waals surface area contributed by atoms with Gasteiger partial charge in [-0.05, 0) is 17.2 Å². The molecule has 16 heavy (non-hydrogen) atoms. The summed E-state index contributed by atoms with van der Waals surface area (Å²) in [7, 11) is 0. The monoisotopic (exact) mass is 221 g/mol. The second-order valence-corrected chi connectivity index (χ2v) is 4.64. The summed E-state index contributed by atoms with van der Waals surface area (Å²) in [5.41, 5.74) is 2.54. The van der Waals surface area contributed by atoms with Gasteiger partial charge in [-0.25, -0.2) is 0 Å². The number of hydrogen-bond donors (Lipinski definition) is 1. The van der Waals surface area contributed by atoms with Gasteiger partial charge >= 0.3 is 0 Å². The Morgan fingerprint density at radius 2 is 2.31 bits per heavy atom. The molecule has 1 aromatic carbocycles. The summed E-state index contributed by atoms with van der Waals surface area (Å²) in [6.45, 7) is 2.25. The Kier molecular flexibility index (Phi) is 2.56. The molecule has 0 aromatic heterocycles. The first-order valence-electron chi connectivity index (χ1n) is 5.91. The minimum absolute atomic E-state index is 0.139. The van der Waals surface area contributed by atoms with Gasteiger partial charge in [0, 0.05) is 31.3 Å². The van der Waals surface area contributed by atoms with Gasteiger partial charge in [0.2, 0.25) is 0 Å². The van der Waals surface area contributed by atoms with Crippen LogP contribution in [0.4, 0.5) is 4.39 Å². The maximum atomic E-state index is 12.8. The highest BCUT2D eigenvalue weighted by Gasteiger charge is 2.29. The number of alkyl halides is 1. The Hall–Kier alpha value is -1.09. The van der Waals surface area contributed by atoms with Crippen molar-refractivity contribution in [1.82, 2.24) is 5.32 Å². The molecule has 86 valence electrons. The van der Waals surface area contributed by atoms with Crippen molar-refractivity contribution in [1.29, 1.82) is 0 Å². The normalized spacial score (nSPS) is 27.8. The lowest BCUT2D eigenvalue weighted by atomic mass is 9.88. The van der Waals surface area contributed by atoms with Crippen LogP contribution in [0.1, 0.15) is 17.0 Å². The first-order valence-corrected chi connectivity index (χ1v) is 5.91. The van der Waals surface area contributed by atoms with Crippen LogP contribution < -0.4 is 10.1 Å². The standard InChI is InChI=1S/C13H16FNO/c14-6-11-7-15-8-12(11)9-1-2-13-10(5-9)3-4-16-13/h1-2,5,11-12,15H,3-4,6-8H2. The number of fused-ring (bicyclic) bond motifs is 1. The van der Waals surface area contributed by atoms with Gasteiger partial charge in [0.25, 0.3) is 0 Å². The molecule has 0 aliphatic carbocycles. The lowest BCUT2D eigenvalue weighted by Crippen LogP contribution is -2.12. The fraction of sp³-hybridized carbons (Fsp3) is 0.538. The molecule has 0 bridgehead atoms. The van der Waals surface area contributed by atoms with Gasteiger partial charge in [-0.2, -0.15) is 0 Å². The molecular formula is C13H16FNO. The number of benzene rings is 1. The van der Waals surface area contributed by atoms with Crippen molar-refractivity contribution in [2.45, 2.75) is 12.3 Å². The summed E-state index contributed by atoms with van der Waals surface area (Å²) in [6, 6.07) is 6.32. The van der Waals surface area contributed by atoms with Crippen molar-refractivity contribution in [2.75, 3.05) is 26.4 Å². The van der Waals surface area contributed by atoms with E-state index < -0.39 is 0 Å². The second kappa shape index (κ2) is 4.06. The molecule has 0 amide bonds. The predicted octanol–water partition coefficient (Wildman–Crippen LogP) is 1.89. The lowest BCUT2D eigenvalue weighted by molar-refractivity contribution is 0.355. The summed E-state index contributed by atoms with van der Waals surface area (Å²) in [6.07, 6.45) is 0.990. The van der Waals surface area contributed by atoms with E-state index in [9.17, 15) is 4.39 Å². The number of ether oxygens (including phenoxy) is 1. The van der Waals surface area contributed by atoms with Crippen LogP contribution in [0.2, 0.25) is 0 Å². The van der Waals surface area contributed by atoms with Crippen molar-refractivity contribution >= 4 is 0 Å². The average Bonchev–Trinajstić information content (AvgIpc) is 2.96. The van der Waals surface area contributed by atoms with Crippen LogP contribution in [0.15, 0.2) is 18.2 Å². The Balaban J connectivity index is 1.89. The van der Waals surface area contributed by atoms with Gasteiger partial charge in [-0.1, -0.05) is 12.1 Å². The van der Waals surface area contributed by atoms with Crippen LogP contribution in [-0.2, 0) is 6.42 Å². The van der Waals surface area contributed by atoms with Gasteiger partial charge in [-0.15, -0.1) is 0 Å². The molecular weight excluding hydrogens is 205 g/mol. The molecule has 0 radical (unpaired) electrons. The molecule has 2 aliphatic rings. The number of halogens is 1. The van der Waals surface area contributed by atoms with Crippen molar-refractivity contribution in [3.63, 3.8) is 0 Å². The zero-order valence-electron chi connectivity index (χ0n) is 9.21. The average molecular weight is 221 g/mol. The quantitative estimate of drug-likeness (QED) is 0.823. The molecule has 1 N–H and O–H groups in total. The van der Waals surface area contributed by atoms with Gasteiger partial charge in [0.05, 0.1) is 13.3 Å². The third-order valence-corrected chi connectivity index (χ3v) is 3.68. The summed E-state index contributed by atoms with van der Waals surface area (Å²) in [4.78, 5) is 0. The SMILES string of the molecule is FCC1CNCC1c1ccc2c(c1)CCO2. The number of nitrogens with one attached hydrogen (secondary N) is 1. The zero-order chi connectivity index (χ0) is 11.0. The molecule has 2 nitrogen and oxygen atoms in total. The van der Waals surface area contributed by atoms with Crippen molar-refractivity contribution < 1.29 is 9.13 Å². The molecule has 2 aliphatic heterocycles. The first-order chi connectivity index (χ1) is 7.88.